The molecule has 0 fully saturated rings. The second-order valence-electron chi connectivity index (χ2n) is 4.53. The number of fused-ring (bicyclic) bond motifs is 1. The average molecular weight is 313 g/mol. The highest BCUT2D eigenvalue weighted by atomic mass is 79.9. The molecular formula is C16H13BrN2. The Labute approximate surface area is 120 Å². The maximum Gasteiger partial charge on any atom is 0.0346 e. The van der Waals surface area contributed by atoms with Crippen LogP contribution >= 0.6 is 15.9 Å². The van der Waals surface area contributed by atoms with Crippen molar-refractivity contribution < 1.29 is 0 Å². The second-order valence-corrected chi connectivity index (χ2v) is 5.38. The lowest BCUT2D eigenvalue weighted by Gasteiger charge is -2.07. The minimum atomic E-state index is 0.997. The fourth-order valence-electron chi connectivity index (χ4n) is 2.17. The third-order valence-electron chi connectivity index (χ3n) is 3.21. The van der Waals surface area contributed by atoms with Crippen LogP contribution in [0.25, 0.3) is 10.8 Å². The van der Waals surface area contributed by atoms with Crippen LogP contribution in [-0.2, 0) is 12.8 Å². The van der Waals surface area contributed by atoms with Crippen molar-refractivity contribution in [2.75, 3.05) is 0 Å². The van der Waals surface area contributed by atoms with E-state index in [1.807, 2.05) is 30.7 Å². The summed E-state index contributed by atoms with van der Waals surface area (Å²) < 4.78 is 1.16. The van der Waals surface area contributed by atoms with Crippen molar-refractivity contribution in [3.8, 4) is 0 Å². The lowest BCUT2D eigenvalue weighted by molar-refractivity contribution is 0.947. The zero-order chi connectivity index (χ0) is 13.1. The molecule has 0 spiro atoms. The van der Waals surface area contributed by atoms with Crippen LogP contribution in [0, 0.1) is 0 Å². The molecule has 94 valence electrons. The van der Waals surface area contributed by atoms with Crippen molar-refractivity contribution in [3.05, 3.63) is 70.7 Å². The van der Waals surface area contributed by atoms with Gasteiger partial charge in [-0.15, -0.1) is 0 Å². The van der Waals surface area contributed by atoms with Crippen LogP contribution in [0.15, 0.2) is 59.6 Å². The first-order valence-corrected chi connectivity index (χ1v) is 7.03. The first kappa shape index (κ1) is 12.3. The molecule has 3 aromatic rings. The average Bonchev–Trinajstić information content (AvgIpc) is 2.46. The highest BCUT2D eigenvalue weighted by molar-refractivity contribution is 9.10. The second kappa shape index (κ2) is 5.49. The van der Waals surface area contributed by atoms with Crippen molar-refractivity contribution in [3.63, 3.8) is 0 Å². The lowest BCUT2D eigenvalue weighted by atomic mass is 10.0. The number of hydrogen-bond donors (Lipinski definition) is 0. The van der Waals surface area contributed by atoms with Crippen molar-refractivity contribution in [1.29, 1.82) is 0 Å². The predicted molar refractivity (Wildman–Crippen MR) is 81.1 cm³/mol. The Morgan fingerprint density at radius 3 is 2.63 bits per heavy atom. The summed E-state index contributed by atoms with van der Waals surface area (Å²) in [4.78, 5) is 8.32. The first-order valence-electron chi connectivity index (χ1n) is 6.24. The molecule has 1 aromatic carbocycles. The first-order chi connectivity index (χ1) is 9.33. The van der Waals surface area contributed by atoms with Crippen LogP contribution in [0.4, 0.5) is 0 Å². The maximum absolute atomic E-state index is 4.18. The monoisotopic (exact) mass is 312 g/mol. The minimum Gasteiger partial charge on any atom is -0.264 e. The van der Waals surface area contributed by atoms with Crippen LogP contribution in [0.1, 0.15) is 11.1 Å². The Morgan fingerprint density at radius 1 is 0.895 bits per heavy atom. The molecule has 0 saturated heterocycles. The number of pyridine rings is 2. The van der Waals surface area contributed by atoms with E-state index in [1.54, 1.807) is 6.20 Å². The molecule has 0 unspecified atom stereocenters. The quantitative estimate of drug-likeness (QED) is 0.725. The molecule has 3 rings (SSSR count). The van der Waals surface area contributed by atoms with Gasteiger partial charge < -0.3 is 0 Å². The van der Waals surface area contributed by atoms with Gasteiger partial charge in [0.2, 0.25) is 0 Å². The van der Waals surface area contributed by atoms with E-state index in [0.29, 0.717) is 0 Å². The van der Waals surface area contributed by atoms with Gasteiger partial charge in [-0.2, -0.15) is 0 Å². The van der Waals surface area contributed by atoms with Gasteiger partial charge in [0.05, 0.1) is 0 Å². The number of benzene rings is 1. The largest absolute Gasteiger partial charge is 0.264 e. The van der Waals surface area contributed by atoms with Crippen molar-refractivity contribution in [1.82, 2.24) is 9.97 Å². The number of nitrogens with zero attached hydrogens (tertiary/aromatic N) is 2. The van der Waals surface area contributed by atoms with Gasteiger partial charge in [-0.3, -0.25) is 9.97 Å². The molecule has 2 aromatic heterocycles. The summed E-state index contributed by atoms with van der Waals surface area (Å²) >= 11 is 3.65. The van der Waals surface area contributed by atoms with E-state index in [-0.39, 0.29) is 0 Å². The van der Waals surface area contributed by atoms with E-state index < -0.39 is 0 Å². The molecule has 2 nitrogen and oxygen atoms in total. The lowest BCUT2D eigenvalue weighted by Crippen LogP contribution is -1.93. The van der Waals surface area contributed by atoms with Gasteiger partial charge >= 0.3 is 0 Å². The van der Waals surface area contributed by atoms with Crippen LogP contribution in [0.5, 0.6) is 0 Å². The molecular weight excluding hydrogens is 300 g/mol. The molecule has 19 heavy (non-hydrogen) atoms. The molecule has 3 heteroatoms. The van der Waals surface area contributed by atoms with Crippen LogP contribution in [0.2, 0.25) is 0 Å². The number of aryl methyl sites for hydroxylation is 2. The molecule has 0 N–H and O–H groups in total. The van der Waals surface area contributed by atoms with Crippen molar-refractivity contribution in [2.45, 2.75) is 12.8 Å². The normalized spacial score (nSPS) is 10.8. The number of halogens is 1. The van der Waals surface area contributed by atoms with Crippen LogP contribution in [-0.4, -0.2) is 9.97 Å². The van der Waals surface area contributed by atoms with Gasteiger partial charge in [0.1, 0.15) is 0 Å². The third-order valence-corrected chi connectivity index (χ3v) is 3.95. The van der Waals surface area contributed by atoms with Gasteiger partial charge in [0, 0.05) is 34.6 Å². The van der Waals surface area contributed by atoms with Gasteiger partial charge in [-0.05, 0) is 53.6 Å². The van der Waals surface area contributed by atoms with E-state index in [0.717, 1.165) is 17.3 Å². The fourth-order valence-corrected chi connectivity index (χ4v) is 2.73. The topological polar surface area (TPSA) is 25.8 Å². The van der Waals surface area contributed by atoms with E-state index in [4.69, 9.17) is 0 Å². The van der Waals surface area contributed by atoms with Crippen LogP contribution < -0.4 is 0 Å². The van der Waals surface area contributed by atoms with Gasteiger partial charge in [-0.1, -0.05) is 22.0 Å². The number of aromatic nitrogens is 2. The Hall–Kier alpha value is -1.74. The maximum atomic E-state index is 4.18. The van der Waals surface area contributed by atoms with Gasteiger partial charge in [0.25, 0.3) is 0 Å². The summed E-state index contributed by atoms with van der Waals surface area (Å²) in [5.74, 6) is 0. The number of rotatable bonds is 3. The highest BCUT2D eigenvalue weighted by Crippen LogP contribution is 2.25. The summed E-state index contributed by atoms with van der Waals surface area (Å²) in [6, 6.07) is 10.5. The molecule has 0 aliphatic carbocycles. The predicted octanol–water partition coefficient (Wildman–Crippen LogP) is 4.18. The Balaban J connectivity index is 1.86. The van der Waals surface area contributed by atoms with E-state index in [9.17, 15) is 0 Å². The molecule has 0 atom stereocenters. The molecule has 0 aliphatic heterocycles. The van der Waals surface area contributed by atoms with Gasteiger partial charge in [0.15, 0.2) is 0 Å². The van der Waals surface area contributed by atoms with Crippen molar-refractivity contribution >= 4 is 26.7 Å². The van der Waals surface area contributed by atoms with E-state index in [1.165, 1.54) is 21.9 Å². The fraction of sp³-hybridized carbons (Fsp3) is 0.125. The van der Waals surface area contributed by atoms with Crippen LogP contribution in [0.3, 0.4) is 0 Å². The molecule has 0 bridgehead atoms. The summed E-state index contributed by atoms with van der Waals surface area (Å²) in [6.45, 7) is 0. The Morgan fingerprint density at radius 2 is 1.79 bits per heavy atom. The smallest absolute Gasteiger partial charge is 0.0346 e. The Kier molecular flexibility index (Phi) is 3.56. The van der Waals surface area contributed by atoms with E-state index >= 15 is 0 Å². The number of hydrogen-bond acceptors (Lipinski definition) is 2. The van der Waals surface area contributed by atoms with E-state index in [2.05, 4.69) is 44.1 Å². The molecule has 2 heterocycles. The zero-order valence-corrected chi connectivity index (χ0v) is 12.0. The summed E-state index contributed by atoms with van der Waals surface area (Å²) in [5, 5.41) is 2.40. The zero-order valence-electron chi connectivity index (χ0n) is 10.4. The standard InChI is InChI=1S/C16H13BrN2/c17-16-9-13-5-7-19-11-15(13)8-14(16)4-3-12-2-1-6-18-10-12/h1-2,5-11H,3-4H2. The van der Waals surface area contributed by atoms with Gasteiger partial charge in [-0.25, -0.2) is 0 Å². The Bertz CT molecular complexity index is 695. The molecule has 0 amide bonds. The highest BCUT2D eigenvalue weighted by Gasteiger charge is 2.03. The SMILES string of the molecule is Brc1cc2ccncc2cc1CCc1cccnc1. The molecule has 0 aliphatic rings. The van der Waals surface area contributed by atoms with Crippen molar-refractivity contribution in [2.24, 2.45) is 0 Å². The molecule has 0 saturated carbocycles. The summed E-state index contributed by atoms with van der Waals surface area (Å²) in [5.41, 5.74) is 2.57. The third kappa shape index (κ3) is 2.82. The minimum absolute atomic E-state index is 0.997. The summed E-state index contributed by atoms with van der Waals surface area (Å²) in [7, 11) is 0. The summed E-state index contributed by atoms with van der Waals surface area (Å²) in [6.07, 6.45) is 9.46. The molecule has 0 radical (unpaired) electrons.